The van der Waals surface area contributed by atoms with Crippen LogP contribution in [0.2, 0.25) is 0 Å². The summed E-state index contributed by atoms with van der Waals surface area (Å²) in [7, 11) is 0. The van der Waals surface area contributed by atoms with Gasteiger partial charge < -0.3 is 10.4 Å². The number of hydrogen-bond acceptors (Lipinski definition) is 3. The molecule has 2 rings (SSSR count). The van der Waals surface area contributed by atoms with E-state index in [0.29, 0.717) is 23.7 Å². The number of carboxylic acids is 1. The summed E-state index contributed by atoms with van der Waals surface area (Å²) >= 11 is 0. The summed E-state index contributed by atoms with van der Waals surface area (Å²) in [4.78, 5) is 17.0. The number of anilines is 1. The van der Waals surface area contributed by atoms with Crippen molar-refractivity contribution < 1.29 is 9.90 Å². The van der Waals surface area contributed by atoms with E-state index >= 15 is 0 Å². The van der Waals surface area contributed by atoms with Crippen LogP contribution in [-0.2, 0) is 4.79 Å². The highest BCUT2D eigenvalue weighted by atomic mass is 16.4. The lowest BCUT2D eigenvalue weighted by Crippen LogP contribution is -2.13. The van der Waals surface area contributed by atoms with E-state index in [2.05, 4.69) is 97.1 Å². The van der Waals surface area contributed by atoms with Crippen molar-refractivity contribution in [1.29, 1.82) is 0 Å². The summed E-state index contributed by atoms with van der Waals surface area (Å²) in [6.07, 6.45) is -0.0874. The first-order valence-electron chi connectivity index (χ1n) is 12.8. The van der Waals surface area contributed by atoms with Gasteiger partial charge in [0.15, 0.2) is 0 Å². The maximum absolute atomic E-state index is 11.9. The zero-order valence-corrected chi connectivity index (χ0v) is 23.3. The van der Waals surface area contributed by atoms with Gasteiger partial charge >= 0.3 is 5.97 Å². The molecule has 0 aliphatic carbocycles. The topological polar surface area (TPSA) is 61.7 Å². The number of hydrogen-bond donors (Lipinski definition) is 2. The largest absolute Gasteiger partial charge is 0.481 e. The molecule has 0 radical (unpaired) electrons. The monoisotopic (exact) mass is 476 g/mol. The highest BCUT2D eigenvalue weighted by Crippen LogP contribution is 2.36. The predicted octanol–water partition coefficient (Wildman–Crippen LogP) is 9.13. The molecule has 2 aromatic rings. The molecule has 2 N–H and O–H groups in total. The van der Waals surface area contributed by atoms with Gasteiger partial charge in [-0.15, -0.1) is 0 Å². The first kappa shape index (κ1) is 28.4. The molecule has 0 saturated carbocycles. The molecule has 0 amide bonds. The Hall–Kier alpha value is -2.88. The molecule has 35 heavy (non-hydrogen) atoms. The Kier molecular flexibility index (Phi) is 9.88. The molecule has 0 saturated heterocycles. The fraction of sp³-hybridized carbons (Fsp3) is 0.484. The number of aliphatic imine (C=N–C) groups is 1. The van der Waals surface area contributed by atoms with E-state index in [4.69, 9.17) is 4.99 Å². The zero-order valence-electron chi connectivity index (χ0n) is 23.3. The van der Waals surface area contributed by atoms with Crippen LogP contribution >= 0.6 is 0 Å². The molecule has 0 heterocycles. The van der Waals surface area contributed by atoms with Crippen LogP contribution in [-0.4, -0.2) is 16.8 Å². The average Bonchev–Trinajstić information content (AvgIpc) is 2.76. The van der Waals surface area contributed by atoms with Crippen molar-refractivity contribution >= 4 is 23.1 Å². The maximum Gasteiger partial charge on any atom is 0.307 e. The lowest BCUT2D eigenvalue weighted by atomic mass is 9.92. The van der Waals surface area contributed by atoms with Crippen LogP contribution < -0.4 is 5.32 Å². The molecule has 0 unspecified atom stereocenters. The molecule has 190 valence electrons. The Morgan fingerprint density at radius 3 is 1.54 bits per heavy atom. The first-order valence-corrected chi connectivity index (χ1v) is 12.8. The molecule has 0 aromatic heterocycles. The van der Waals surface area contributed by atoms with Crippen molar-refractivity contribution in [3.63, 3.8) is 0 Å². The van der Waals surface area contributed by atoms with Gasteiger partial charge in [-0.25, -0.2) is 0 Å². The fourth-order valence-corrected chi connectivity index (χ4v) is 4.52. The van der Waals surface area contributed by atoms with Crippen LogP contribution in [0.25, 0.3) is 0 Å². The minimum Gasteiger partial charge on any atom is -0.481 e. The lowest BCUT2D eigenvalue weighted by molar-refractivity contribution is -0.136. The van der Waals surface area contributed by atoms with E-state index < -0.39 is 5.97 Å². The van der Waals surface area contributed by atoms with E-state index in [1.165, 1.54) is 22.3 Å². The summed E-state index contributed by atoms with van der Waals surface area (Å²) in [6.45, 7) is 21.3. The quantitative estimate of drug-likeness (QED) is 0.336. The van der Waals surface area contributed by atoms with Crippen LogP contribution in [0.1, 0.15) is 122 Å². The summed E-state index contributed by atoms with van der Waals surface area (Å²) in [5, 5.41) is 13.4. The molecular formula is C31H44N2O2. The smallest absolute Gasteiger partial charge is 0.307 e. The highest BCUT2D eigenvalue weighted by molar-refractivity contribution is 6.04. The van der Waals surface area contributed by atoms with Gasteiger partial charge in [-0.05, 0) is 59.8 Å². The molecule has 0 bridgehead atoms. The first-order chi connectivity index (χ1) is 16.3. The van der Waals surface area contributed by atoms with Crippen LogP contribution in [0.15, 0.2) is 52.7 Å². The number of nitrogens with zero attached hydrogens (tertiary/aromatic N) is 1. The summed E-state index contributed by atoms with van der Waals surface area (Å²) in [5.41, 5.74) is 9.16. The summed E-state index contributed by atoms with van der Waals surface area (Å²) < 4.78 is 0. The van der Waals surface area contributed by atoms with Gasteiger partial charge in [-0.3, -0.25) is 9.79 Å². The van der Waals surface area contributed by atoms with Crippen molar-refractivity contribution in [2.45, 2.75) is 99.3 Å². The van der Waals surface area contributed by atoms with Gasteiger partial charge in [0.1, 0.15) is 0 Å². The number of nitrogens with one attached hydrogen (secondary N) is 1. The van der Waals surface area contributed by atoms with E-state index in [0.717, 1.165) is 28.4 Å². The van der Waals surface area contributed by atoms with Gasteiger partial charge in [0.2, 0.25) is 0 Å². The minimum atomic E-state index is -0.863. The van der Waals surface area contributed by atoms with Crippen LogP contribution in [0.3, 0.4) is 0 Å². The molecule has 0 atom stereocenters. The number of carbonyl (C=O) groups is 1. The van der Waals surface area contributed by atoms with Crippen molar-refractivity contribution in [1.82, 2.24) is 0 Å². The summed E-state index contributed by atoms with van der Waals surface area (Å²) in [6, 6.07) is 12.8. The maximum atomic E-state index is 11.9. The summed E-state index contributed by atoms with van der Waals surface area (Å²) in [5.74, 6) is 0.454. The van der Waals surface area contributed by atoms with Crippen LogP contribution in [0, 0.1) is 0 Å². The van der Waals surface area contributed by atoms with Crippen molar-refractivity contribution in [3.05, 3.63) is 69.9 Å². The Labute approximate surface area is 212 Å². The number of benzene rings is 2. The third-order valence-corrected chi connectivity index (χ3v) is 6.52. The molecule has 0 fully saturated rings. The highest BCUT2D eigenvalue weighted by Gasteiger charge is 2.19. The number of para-hydroxylation sites is 2. The van der Waals surface area contributed by atoms with Crippen LogP contribution in [0.5, 0.6) is 0 Å². The van der Waals surface area contributed by atoms with E-state index in [-0.39, 0.29) is 6.42 Å². The lowest BCUT2D eigenvalue weighted by Gasteiger charge is -2.23. The van der Waals surface area contributed by atoms with E-state index in [9.17, 15) is 9.90 Å². The number of carboxylic acid groups (broad SMARTS) is 1. The second-order valence-corrected chi connectivity index (χ2v) is 10.7. The second kappa shape index (κ2) is 12.2. The van der Waals surface area contributed by atoms with Gasteiger partial charge in [0.25, 0.3) is 0 Å². The number of rotatable bonds is 10. The molecule has 0 aliphatic heterocycles. The average molecular weight is 477 g/mol. The third-order valence-electron chi connectivity index (χ3n) is 6.52. The van der Waals surface area contributed by atoms with Crippen molar-refractivity contribution in [3.8, 4) is 0 Å². The Balaban J connectivity index is 2.72. The standard InChI is InChI=1S/C31H44N2O2/c1-18(2)24-13-11-14-25(19(3)4)30(24)32-22(9)28(17-29(34)35)23(10)33-31-26(20(5)6)15-12-16-27(31)21(7)8/h11-16,18-21,32H,17H2,1-10H3,(H,34,35)/b28-22-,33-23?. The van der Waals surface area contributed by atoms with Crippen LogP contribution in [0.4, 0.5) is 11.4 Å². The Morgan fingerprint density at radius 2 is 1.17 bits per heavy atom. The third kappa shape index (κ3) is 7.06. The zero-order chi connectivity index (χ0) is 26.4. The number of allylic oxidation sites excluding steroid dienone is 1. The van der Waals surface area contributed by atoms with E-state index in [1.807, 2.05) is 13.8 Å². The van der Waals surface area contributed by atoms with Crippen molar-refractivity contribution in [2.75, 3.05) is 5.32 Å². The SMILES string of the molecule is CC(=Nc1c(C(C)C)cccc1C(C)C)/C(CC(=O)O)=C(/C)Nc1c(C(C)C)cccc1C(C)C. The van der Waals surface area contributed by atoms with Crippen molar-refractivity contribution in [2.24, 2.45) is 4.99 Å². The fourth-order valence-electron chi connectivity index (χ4n) is 4.52. The van der Waals surface area contributed by atoms with Gasteiger partial charge in [0.05, 0.1) is 12.1 Å². The van der Waals surface area contributed by atoms with Gasteiger partial charge in [-0.2, -0.15) is 0 Å². The molecule has 4 heteroatoms. The van der Waals surface area contributed by atoms with Gasteiger partial charge in [-0.1, -0.05) is 91.8 Å². The van der Waals surface area contributed by atoms with E-state index in [1.54, 1.807) is 0 Å². The molecule has 0 aliphatic rings. The Morgan fingerprint density at radius 1 is 0.771 bits per heavy atom. The van der Waals surface area contributed by atoms with Gasteiger partial charge in [0, 0.05) is 22.7 Å². The molecule has 2 aromatic carbocycles. The molecule has 4 nitrogen and oxygen atoms in total. The molecule has 0 spiro atoms. The minimum absolute atomic E-state index is 0.0874. The molecular weight excluding hydrogens is 432 g/mol. The second-order valence-electron chi connectivity index (χ2n) is 10.7. The number of aliphatic carboxylic acids is 1. The Bertz CT molecular complexity index is 1050. The normalized spacial score (nSPS) is 13.1. The predicted molar refractivity (Wildman–Crippen MR) is 151 cm³/mol.